The molecule has 1 rings (SSSR count). The van der Waals surface area contributed by atoms with Gasteiger partial charge in [0.25, 0.3) is 0 Å². The number of carbonyl (C=O) groups excluding carboxylic acids is 2. The first-order valence-electron chi connectivity index (χ1n) is 7.62. The Labute approximate surface area is 122 Å². The third-order valence-electron chi connectivity index (χ3n) is 3.59. The van der Waals surface area contributed by atoms with Crippen molar-refractivity contribution in [2.75, 3.05) is 26.7 Å². The first kappa shape index (κ1) is 17.0. The Morgan fingerprint density at radius 1 is 1.15 bits per heavy atom. The van der Waals surface area contributed by atoms with E-state index in [1.165, 1.54) is 20.0 Å². The lowest BCUT2D eigenvalue weighted by molar-refractivity contribution is -0.145. The van der Waals surface area contributed by atoms with Gasteiger partial charge in [-0.05, 0) is 38.3 Å². The maximum atomic E-state index is 12.1. The number of hydrogen-bond acceptors (Lipinski definition) is 4. The van der Waals surface area contributed by atoms with Gasteiger partial charge in [-0.25, -0.2) is 4.79 Å². The molecular weight excluding hydrogens is 256 g/mol. The lowest BCUT2D eigenvalue weighted by Crippen LogP contribution is -2.46. The van der Waals surface area contributed by atoms with Crippen LogP contribution in [0.25, 0.3) is 0 Å². The summed E-state index contributed by atoms with van der Waals surface area (Å²) < 4.78 is 4.76. The molecular formula is C15H28N2O3. The van der Waals surface area contributed by atoms with E-state index in [-0.39, 0.29) is 11.9 Å². The van der Waals surface area contributed by atoms with E-state index in [9.17, 15) is 9.59 Å². The summed E-state index contributed by atoms with van der Waals surface area (Å²) in [6.45, 7) is 6.38. The van der Waals surface area contributed by atoms with Crippen molar-refractivity contribution in [2.45, 2.75) is 52.0 Å². The molecule has 0 aromatic rings. The number of nitrogens with one attached hydrogen (secondary N) is 1. The van der Waals surface area contributed by atoms with E-state index in [0.29, 0.717) is 18.9 Å². The van der Waals surface area contributed by atoms with Crippen LogP contribution in [0.15, 0.2) is 0 Å². The fourth-order valence-electron chi connectivity index (χ4n) is 2.57. The molecule has 1 heterocycles. The molecule has 0 aromatic carbocycles. The van der Waals surface area contributed by atoms with E-state index in [2.05, 4.69) is 10.2 Å². The van der Waals surface area contributed by atoms with Crippen LogP contribution in [0.5, 0.6) is 0 Å². The highest BCUT2D eigenvalue weighted by Crippen LogP contribution is 2.10. The summed E-state index contributed by atoms with van der Waals surface area (Å²) in [7, 11) is 1.36. The Morgan fingerprint density at radius 2 is 1.75 bits per heavy atom. The Hall–Kier alpha value is -1.10. The van der Waals surface area contributed by atoms with Crippen LogP contribution >= 0.6 is 0 Å². The largest absolute Gasteiger partial charge is 0.467 e. The van der Waals surface area contributed by atoms with Crippen LogP contribution in [0.4, 0.5) is 0 Å². The molecule has 116 valence electrons. The molecule has 0 spiro atoms. The van der Waals surface area contributed by atoms with Gasteiger partial charge in [0.1, 0.15) is 6.04 Å². The molecule has 0 radical (unpaired) electrons. The third-order valence-corrected chi connectivity index (χ3v) is 3.59. The minimum atomic E-state index is -0.528. The van der Waals surface area contributed by atoms with Gasteiger partial charge in [0.15, 0.2) is 0 Å². The molecule has 1 aliphatic rings. The van der Waals surface area contributed by atoms with E-state index in [0.717, 1.165) is 25.9 Å². The zero-order valence-corrected chi connectivity index (χ0v) is 13.0. The standard InChI is InChI=1S/C15H28N2O3/c1-12(2)10-13(15(19)20-3)16-14(18)11-17-8-6-4-5-7-9-17/h12-13H,4-11H2,1-3H3,(H,16,18). The second-order valence-electron chi connectivity index (χ2n) is 5.96. The first-order chi connectivity index (χ1) is 9.52. The Kier molecular flexibility index (Phi) is 7.59. The molecule has 0 aliphatic carbocycles. The number of likely N-dealkylation sites (tertiary alicyclic amines) is 1. The molecule has 1 N–H and O–H groups in total. The van der Waals surface area contributed by atoms with Gasteiger partial charge < -0.3 is 10.1 Å². The molecule has 1 fully saturated rings. The second kappa shape index (κ2) is 8.95. The topological polar surface area (TPSA) is 58.6 Å². The van der Waals surface area contributed by atoms with E-state index in [1.807, 2.05) is 13.8 Å². The molecule has 1 amide bonds. The van der Waals surface area contributed by atoms with Crippen molar-refractivity contribution < 1.29 is 14.3 Å². The number of hydrogen-bond donors (Lipinski definition) is 1. The molecule has 0 aromatic heterocycles. The average molecular weight is 284 g/mol. The Bertz CT molecular complexity index is 310. The summed E-state index contributed by atoms with van der Waals surface area (Å²) in [5.41, 5.74) is 0. The lowest BCUT2D eigenvalue weighted by atomic mass is 10.0. The molecule has 20 heavy (non-hydrogen) atoms. The van der Waals surface area contributed by atoms with Gasteiger partial charge in [0, 0.05) is 0 Å². The van der Waals surface area contributed by atoms with Gasteiger partial charge in [-0.2, -0.15) is 0 Å². The van der Waals surface area contributed by atoms with Gasteiger partial charge in [-0.3, -0.25) is 9.69 Å². The smallest absolute Gasteiger partial charge is 0.328 e. The van der Waals surface area contributed by atoms with Gasteiger partial charge in [-0.1, -0.05) is 26.7 Å². The van der Waals surface area contributed by atoms with Gasteiger partial charge in [0.2, 0.25) is 5.91 Å². The van der Waals surface area contributed by atoms with Crippen LogP contribution in [0.3, 0.4) is 0 Å². The highest BCUT2D eigenvalue weighted by Gasteiger charge is 2.23. The van der Waals surface area contributed by atoms with Crippen LogP contribution in [-0.4, -0.2) is 49.6 Å². The monoisotopic (exact) mass is 284 g/mol. The fourth-order valence-corrected chi connectivity index (χ4v) is 2.57. The normalized spacial score (nSPS) is 18.4. The highest BCUT2D eigenvalue weighted by molar-refractivity contribution is 5.85. The molecule has 0 bridgehead atoms. The number of esters is 1. The number of ether oxygens (including phenoxy) is 1. The number of rotatable bonds is 6. The number of methoxy groups -OCH3 is 1. The summed E-state index contributed by atoms with van der Waals surface area (Å²) in [5, 5.41) is 2.81. The first-order valence-corrected chi connectivity index (χ1v) is 7.62. The Morgan fingerprint density at radius 3 is 2.25 bits per heavy atom. The molecule has 1 atom stereocenters. The van der Waals surface area contributed by atoms with Crippen LogP contribution < -0.4 is 5.32 Å². The van der Waals surface area contributed by atoms with Crippen molar-refractivity contribution in [1.29, 1.82) is 0 Å². The van der Waals surface area contributed by atoms with Crippen LogP contribution in [0, 0.1) is 5.92 Å². The molecule has 0 saturated carbocycles. The minimum absolute atomic E-state index is 0.0806. The van der Waals surface area contributed by atoms with Crippen molar-refractivity contribution in [3.05, 3.63) is 0 Å². The van der Waals surface area contributed by atoms with Crippen molar-refractivity contribution in [2.24, 2.45) is 5.92 Å². The quantitative estimate of drug-likeness (QED) is 0.752. The molecule has 1 aliphatic heterocycles. The predicted molar refractivity (Wildman–Crippen MR) is 78.3 cm³/mol. The number of amides is 1. The molecule has 1 unspecified atom stereocenters. The summed E-state index contributed by atoms with van der Waals surface area (Å²) in [6, 6.07) is -0.528. The van der Waals surface area contributed by atoms with Crippen LogP contribution in [-0.2, 0) is 14.3 Å². The van der Waals surface area contributed by atoms with Crippen molar-refractivity contribution in [3.63, 3.8) is 0 Å². The summed E-state index contributed by atoms with van der Waals surface area (Å²) in [6.07, 6.45) is 5.41. The van der Waals surface area contributed by atoms with Crippen molar-refractivity contribution in [3.8, 4) is 0 Å². The van der Waals surface area contributed by atoms with Gasteiger partial charge in [0.05, 0.1) is 13.7 Å². The van der Waals surface area contributed by atoms with E-state index in [4.69, 9.17) is 4.74 Å². The predicted octanol–water partition coefficient (Wildman–Crippen LogP) is 1.57. The minimum Gasteiger partial charge on any atom is -0.467 e. The molecule has 5 nitrogen and oxygen atoms in total. The number of carbonyl (C=O) groups is 2. The number of nitrogens with zero attached hydrogens (tertiary/aromatic N) is 1. The maximum Gasteiger partial charge on any atom is 0.328 e. The van der Waals surface area contributed by atoms with E-state index >= 15 is 0 Å². The lowest BCUT2D eigenvalue weighted by Gasteiger charge is -2.22. The average Bonchev–Trinajstić information content (AvgIpc) is 2.65. The molecule has 5 heteroatoms. The van der Waals surface area contributed by atoms with E-state index < -0.39 is 6.04 Å². The second-order valence-corrected chi connectivity index (χ2v) is 5.96. The van der Waals surface area contributed by atoms with Gasteiger partial charge in [-0.15, -0.1) is 0 Å². The van der Waals surface area contributed by atoms with Crippen LogP contribution in [0.2, 0.25) is 0 Å². The summed E-state index contributed by atoms with van der Waals surface area (Å²) >= 11 is 0. The SMILES string of the molecule is COC(=O)C(CC(C)C)NC(=O)CN1CCCCCC1. The third kappa shape index (κ3) is 6.37. The Balaban J connectivity index is 2.45. The zero-order chi connectivity index (χ0) is 15.0. The van der Waals surface area contributed by atoms with Crippen LogP contribution in [0.1, 0.15) is 46.0 Å². The van der Waals surface area contributed by atoms with Crippen molar-refractivity contribution in [1.82, 2.24) is 10.2 Å². The fraction of sp³-hybridized carbons (Fsp3) is 0.867. The zero-order valence-electron chi connectivity index (χ0n) is 13.0. The maximum absolute atomic E-state index is 12.1. The summed E-state index contributed by atoms with van der Waals surface area (Å²) in [4.78, 5) is 25.9. The van der Waals surface area contributed by atoms with Crippen molar-refractivity contribution >= 4 is 11.9 Å². The highest BCUT2D eigenvalue weighted by atomic mass is 16.5. The molecule has 1 saturated heterocycles. The summed E-state index contributed by atoms with van der Waals surface area (Å²) in [5.74, 6) is -0.108. The van der Waals surface area contributed by atoms with E-state index in [1.54, 1.807) is 0 Å². The van der Waals surface area contributed by atoms with Gasteiger partial charge >= 0.3 is 5.97 Å².